The Morgan fingerprint density at radius 1 is 1.26 bits per heavy atom. The van der Waals surface area contributed by atoms with Gasteiger partial charge in [0.15, 0.2) is 0 Å². The highest BCUT2D eigenvalue weighted by Crippen LogP contribution is 2.28. The van der Waals surface area contributed by atoms with Gasteiger partial charge in [0, 0.05) is 37.4 Å². The largest absolute Gasteiger partial charge is 0.491 e. The molecule has 1 fully saturated rings. The Hall–Kier alpha value is -2.87. The van der Waals surface area contributed by atoms with Crippen molar-refractivity contribution >= 4 is 17.5 Å². The van der Waals surface area contributed by atoms with E-state index in [1.807, 2.05) is 68.9 Å². The average Bonchev–Trinajstić information content (AvgIpc) is 3.30. The fourth-order valence-electron chi connectivity index (χ4n) is 3.67. The summed E-state index contributed by atoms with van der Waals surface area (Å²) in [5, 5.41) is 0. The van der Waals surface area contributed by atoms with Crippen LogP contribution in [-0.2, 0) is 16.1 Å². The number of rotatable bonds is 9. The molecule has 3 rings (SSSR count). The van der Waals surface area contributed by atoms with Crippen LogP contribution in [0.2, 0.25) is 0 Å². The Balaban J connectivity index is 1.70. The number of carbonyl (C=O) groups excluding carboxylic acids is 2. The summed E-state index contributed by atoms with van der Waals surface area (Å²) in [5.41, 5.74) is 2.60. The number of likely N-dealkylation sites (N-methyl/N-ethyl adjacent to an activating group) is 1. The number of aromatic amines is 1. The molecule has 168 valence electrons. The first-order chi connectivity index (χ1) is 14.7. The standard InChI is InChI=1S/C23H33N5O3/c1-16(2)31-20-8-6-19(7-9-20)28-13-18(12-22(28)29)23(30)27(11-10-26(4)5)14-21-17(3)24-15-25-21/h6-9,15-16,18H,10-14H2,1-5H3,(H,24,25). The van der Waals surface area contributed by atoms with Gasteiger partial charge in [-0.05, 0) is 59.1 Å². The van der Waals surface area contributed by atoms with Crippen LogP contribution in [0, 0.1) is 12.8 Å². The van der Waals surface area contributed by atoms with Crippen LogP contribution in [0.4, 0.5) is 5.69 Å². The molecular formula is C23H33N5O3. The molecule has 1 aromatic heterocycles. The maximum absolute atomic E-state index is 13.4. The van der Waals surface area contributed by atoms with Crippen molar-refractivity contribution in [3.63, 3.8) is 0 Å². The van der Waals surface area contributed by atoms with Crippen LogP contribution in [-0.4, -0.2) is 71.4 Å². The molecule has 1 aromatic carbocycles. The monoisotopic (exact) mass is 427 g/mol. The molecule has 1 N–H and O–H groups in total. The summed E-state index contributed by atoms with van der Waals surface area (Å²) in [6, 6.07) is 7.47. The fraction of sp³-hybridized carbons (Fsp3) is 0.522. The van der Waals surface area contributed by atoms with E-state index in [1.54, 1.807) is 11.2 Å². The normalized spacial score (nSPS) is 16.4. The van der Waals surface area contributed by atoms with Crippen LogP contribution in [0.15, 0.2) is 30.6 Å². The molecule has 31 heavy (non-hydrogen) atoms. The SMILES string of the molecule is Cc1[nH]cnc1CN(CCN(C)C)C(=O)C1CC(=O)N(c2ccc(OC(C)C)cc2)C1. The van der Waals surface area contributed by atoms with Crippen LogP contribution >= 0.6 is 0 Å². The zero-order valence-corrected chi connectivity index (χ0v) is 19.1. The summed E-state index contributed by atoms with van der Waals surface area (Å²) < 4.78 is 5.68. The molecule has 1 unspecified atom stereocenters. The zero-order valence-electron chi connectivity index (χ0n) is 19.1. The molecule has 2 heterocycles. The Morgan fingerprint density at radius 2 is 1.97 bits per heavy atom. The van der Waals surface area contributed by atoms with E-state index in [1.165, 1.54) is 0 Å². The van der Waals surface area contributed by atoms with E-state index in [4.69, 9.17) is 4.74 Å². The predicted octanol–water partition coefficient (Wildman–Crippen LogP) is 2.45. The van der Waals surface area contributed by atoms with Gasteiger partial charge in [0.05, 0.1) is 30.6 Å². The fourth-order valence-corrected chi connectivity index (χ4v) is 3.67. The van der Waals surface area contributed by atoms with Crippen LogP contribution in [0.3, 0.4) is 0 Å². The molecule has 8 nitrogen and oxygen atoms in total. The van der Waals surface area contributed by atoms with Crippen LogP contribution in [0.5, 0.6) is 5.75 Å². The van der Waals surface area contributed by atoms with Gasteiger partial charge in [0.2, 0.25) is 11.8 Å². The molecule has 2 amide bonds. The Morgan fingerprint density at radius 3 is 2.55 bits per heavy atom. The lowest BCUT2D eigenvalue weighted by molar-refractivity contribution is -0.136. The molecule has 1 aliphatic rings. The number of anilines is 1. The Labute approximate surface area is 184 Å². The lowest BCUT2D eigenvalue weighted by atomic mass is 10.1. The third-order valence-corrected chi connectivity index (χ3v) is 5.40. The predicted molar refractivity (Wildman–Crippen MR) is 120 cm³/mol. The lowest BCUT2D eigenvalue weighted by Gasteiger charge is -2.26. The van der Waals surface area contributed by atoms with Gasteiger partial charge in [0.25, 0.3) is 0 Å². The van der Waals surface area contributed by atoms with Crippen molar-refractivity contribution in [3.05, 3.63) is 42.0 Å². The van der Waals surface area contributed by atoms with Crippen molar-refractivity contribution < 1.29 is 14.3 Å². The van der Waals surface area contributed by atoms with Gasteiger partial charge in [-0.2, -0.15) is 0 Å². The maximum Gasteiger partial charge on any atom is 0.228 e. The van der Waals surface area contributed by atoms with Gasteiger partial charge in [-0.25, -0.2) is 4.98 Å². The molecule has 2 aromatic rings. The number of H-pyrrole nitrogens is 1. The van der Waals surface area contributed by atoms with Crippen molar-refractivity contribution in [2.75, 3.05) is 38.6 Å². The molecule has 8 heteroatoms. The first-order valence-corrected chi connectivity index (χ1v) is 10.7. The molecule has 0 saturated carbocycles. The second kappa shape index (κ2) is 9.96. The van der Waals surface area contributed by atoms with E-state index in [9.17, 15) is 9.59 Å². The van der Waals surface area contributed by atoms with E-state index < -0.39 is 0 Å². The van der Waals surface area contributed by atoms with Crippen molar-refractivity contribution in [2.45, 2.75) is 39.8 Å². The Kier molecular flexibility index (Phi) is 7.33. The number of hydrogen-bond donors (Lipinski definition) is 1. The minimum Gasteiger partial charge on any atom is -0.491 e. The van der Waals surface area contributed by atoms with Gasteiger partial charge < -0.3 is 24.4 Å². The van der Waals surface area contributed by atoms with Gasteiger partial charge in [0.1, 0.15) is 5.75 Å². The number of ether oxygens (including phenoxy) is 1. The molecule has 1 aliphatic heterocycles. The summed E-state index contributed by atoms with van der Waals surface area (Å²) in [6.07, 6.45) is 1.96. The van der Waals surface area contributed by atoms with Crippen molar-refractivity contribution in [2.24, 2.45) is 5.92 Å². The van der Waals surface area contributed by atoms with E-state index in [2.05, 4.69) is 9.97 Å². The van der Waals surface area contributed by atoms with Crippen molar-refractivity contribution in [1.82, 2.24) is 19.8 Å². The number of nitrogens with one attached hydrogen (secondary N) is 1. The number of amides is 2. The van der Waals surface area contributed by atoms with Gasteiger partial charge >= 0.3 is 0 Å². The second-order valence-corrected chi connectivity index (χ2v) is 8.60. The summed E-state index contributed by atoms with van der Waals surface area (Å²) in [7, 11) is 3.96. The van der Waals surface area contributed by atoms with Crippen LogP contribution in [0.25, 0.3) is 0 Å². The summed E-state index contributed by atoms with van der Waals surface area (Å²) in [5.74, 6) is 0.377. The average molecular weight is 428 g/mol. The highest BCUT2D eigenvalue weighted by atomic mass is 16.5. The molecule has 0 spiro atoms. The topological polar surface area (TPSA) is 81.8 Å². The molecular weight excluding hydrogens is 394 g/mol. The summed E-state index contributed by atoms with van der Waals surface area (Å²) >= 11 is 0. The van der Waals surface area contributed by atoms with Crippen LogP contribution < -0.4 is 9.64 Å². The molecule has 1 saturated heterocycles. The van der Waals surface area contributed by atoms with Crippen LogP contribution in [0.1, 0.15) is 31.7 Å². The number of carbonyl (C=O) groups is 2. The molecule has 0 radical (unpaired) electrons. The number of nitrogens with zero attached hydrogens (tertiary/aromatic N) is 4. The first kappa shape index (κ1) is 22.8. The van der Waals surface area contributed by atoms with E-state index in [0.717, 1.165) is 29.4 Å². The number of aromatic nitrogens is 2. The lowest BCUT2D eigenvalue weighted by Crippen LogP contribution is -2.40. The maximum atomic E-state index is 13.4. The quantitative estimate of drug-likeness (QED) is 0.665. The van der Waals surface area contributed by atoms with Crippen molar-refractivity contribution in [1.29, 1.82) is 0 Å². The number of hydrogen-bond acceptors (Lipinski definition) is 5. The number of aryl methyl sites for hydroxylation is 1. The third kappa shape index (κ3) is 5.85. The number of benzene rings is 1. The smallest absolute Gasteiger partial charge is 0.228 e. The van der Waals surface area contributed by atoms with Gasteiger partial charge in [-0.3, -0.25) is 9.59 Å². The van der Waals surface area contributed by atoms with E-state index in [0.29, 0.717) is 19.6 Å². The zero-order chi connectivity index (χ0) is 22.5. The summed E-state index contributed by atoms with van der Waals surface area (Å²) in [4.78, 5) is 39.1. The molecule has 0 aliphatic carbocycles. The second-order valence-electron chi connectivity index (χ2n) is 8.60. The first-order valence-electron chi connectivity index (χ1n) is 10.7. The van der Waals surface area contributed by atoms with Crippen molar-refractivity contribution in [3.8, 4) is 5.75 Å². The van der Waals surface area contributed by atoms with E-state index >= 15 is 0 Å². The minimum atomic E-state index is -0.361. The molecule has 0 bridgehead atoms. The third-order valence-electron chi connectivity index (χ3n) is 5.40. The molecule has 1 atom stereocenters. The number of imidazole rings is 1. The summed E-state index contributed by atoms with van der Waals surface area (Å²) in [6.45, 7) is 8.06. The Bertz CT molecular complexity index is 891. The van der Waals surface area contributed by atoms with Gasteiger partial charge in [-0.1, -0.05) is 0 Å². The highest BCUT2D eigenvalue weighted by Gasteiger charge is 2.37. The van der Waals surface area contributed by atoms with Gasteiger partial charge in [-0.15, -0.1) is 0 Å². The highest BCUT2D eigenvalue weighted by molar-refractivity contribution is 6.00. The van der Waals surface area contributed by atoms with E-state index in [-0.39, 0.29) is 30.3 Å². The minimum absolute atomic E-state index is 0.000128.